The van der Waals surface area contributed by atoms with Crippen LogP contribution in [0.25, 0.3) is 11.0 Å². The molecular weight excluding hydrogens is 382 g/mol. The van der Waals surface area contributed by atoms with Crippen LogP contribution in [0.2, 0.25) is 0 Å². The molecule has 30 heavy (non-hydrogen) atoms. The Bertz CT molecular complexity index is 1080. The number of nitrogens with zero attached hydrogens (tertiary/aromatic N) is 3. The van der Waals surface area contributed by atoms with E-state index in [2.05, 4.69) is 0 Å². The fourth-order valence-corrected chi connectivity index (χ4v) is 3.65. The second-order valence-electron chi connectivity index (χ2n) is 7.17. The minimum atomic E-state index is -0.0699. The number of hydrogen-bond acceptors (Lipinski definition) is 4. The van der Waals surface area contributed by atoms with Crippen molar-refractivity contribution in [1.29, 1.82) is 0 Å². The van der Waals surface area contributed by atoms with E-state index < -0.39 is 0 Å². The summed E-state index contributed by atoms with van der Waals surface area (Å²) < 4.78 is 14.0. The van der Waals surface area contributed by atoms with Crippen molar-refractivity contribution in [1.82, 2.24) is 14.0 Å². The summed E-state index contributed by atoms with van der Waals surface area (Å²) in [4.78, 5) is 27.1. The van der Waals surface area contributed by atoms with Crippen LogP contribution < -0.4 is 15.2 Å². The number of rotatable bonds is 9. The molecule has 0 N–H and O–H groups in total. The molecule has 0 atom stereocenters. The van der Waals surface area contributed by atoms with Gasteiger partial charge in [-0.15, -0.1) is 0 Å². The molecule has 0 saturated heterocycles. The molecule has 0 aliphatic carbocycles. The fourth-order valence-electron chi connectivity index (χ4n) is 3.65. The molecule has 0 spiro atoms. The summed E-state index contributed by atoms with van der Waals surface area (Å²) in [5, 5.41) is 0. The maximum Gasteiger partial charge on any atom is 0.329 e. The normalized spacial score (nSPS) is 10.9. The van der Waals surface area contributed by atoms with Gasteiger partial charge >= 0.3 is 5.69 Å². The predicted octanol–water partition coefficient (Wildman–Crippen LogP) is 2.93. The zero-order valence-corrected chi connectivity index (χ0v) is 18.1. The number of benzene rings is 2. The van der Waals surface area contributed by atoms with Gasteiger partial charge in [0.15, 0.2) is 11.5 Å². The number of carbonyl (C=O) groups is 1. The molecule has 0 aliphatic heterocycles. The van der Waals surface area contributed by atoms with Gasteiger partial charge in [-0.05, 0) is 43.2 Å². The Hall–Kier alpha value is -3.22. The maximum atomic E-state index is 12.7. The summed E-state index contributed by atoms with van der Waals surface area (Å²) in [5.41, 5.74) is 2.76. The highest BCUT2D eigenvalue weighted by atomic mass is 16.5. The number of aromatic nitrogens is 2. The average molecular weight is 412 g/mol. The Kier molecular flexibility index (Phi) is 6.82. The molecule has 7 heteroatoms. The minimum Gasteiger partial charge on any atom is -0.493 e. The molecule has 160 valence electrons. The first kappa shape index (κ1) is 21.5. The van der Waals surface area contributed by atoms with Gasteiger partial charge in [-0.1, -0.05) is 18.2 Å². The Morgan fingerprint density at radius 3 is 2.30 bits per heavy atom. The van der Waals surface area contributed by atoms with Crippen molar-refractivity contribution >= 4 is 16.9 Å². The summed E-state index contributed by atoms with van der Waals surface area (Å²) in [7, 11) is 5.00. The molecule has 1 heterocycles. The Morgan fingerprint density at radius 1 is 1.00 bits per heavy atom. The topological polar surface area (TPSA) is 65.7 Å². The highest BCUT2D eigenvalue weighted by Crippen LogP contribution is 2.27. The van der Waals surface area contributed by atoms with Crippen molar-refractivity contribution in [3.8, 4) is 11.5 Å². The predicted molar refractivity (Wildman–Crippen MR) is 117 cm³/mol. The lowest BCUT2D eigenvalue weighted by Gasteiger charge is -2.18. The minimum absolute atomic E-state index is 0.00991. The number of amides is 1. The van der Waals surface area contributed by atoms with Crippen LogP contribution in [-0.2, 0) is 24.3 Å². The standard InChI is InChI=1S/C23H29N3O4/c1-5-25-18-8-6-7-9-19(18)26(23(25)28)15-13-22(27)24(2)14-12-17-10-11-20(29-3)21(16-17)30-4/h6-11,16H,5,12-15H2,1-4H3. The molecule has 0 radical (unpaired) electrons. The van der Waals surface area contributed by atoms with Gasteiger partial charge in [0.25, 0.3) is 0 Å². The van der Waals surface area contributed by atoms with Crippen molar-refractivity contribution in [3.05, 3.63) is 58.5 Å². The van der Waals surface area contributed by atoms with Crippen LogP contribution >= 0.6 is 0 Å². The third-order valence-corrected chi connectivity index (χ3v) is 5.40. The quantitative estimate of drug-likeness (QED) is 0.543. The summed E-state index contributed by atoms with van der Waals surface area (Å²) in [6, 6.07) is 13.5. The number of ether oxygens (including phenoxy) is 2. The van der Waals surface area contributed by atoms with Gasteiger partial charge in [-0.2, -0.15) is 0 Å². The summed E-state index contributed by atoms with van der Waals surface area (Å²) in [6.07, 6.45) is 0.984. The third kappa shape index (κ3) is 4.35. The number of fused-ring (bicyclic) bond motifs is 1. The van der Waals surface area contributed by atoms with E-state index in [-0.39, 0.29) is 18.0 Å². The van der Waals surface area contributed by atoms with Crippen LogP contribution in [0, 0.1) is 0 Å². The molecule has 0 saturated carbocycles. The molecule has 3 aromatic rings. The first-order valence-corrected chi connectivity index (χ1v) is 10.1. The third-order valence-electron chi connectivity index (χ3n) is 5.40. The van der Waals surface area contributed by atoms with E-state index in [4.69, 9.17) is 9.47 Å². The monoisotopic (exact) mass is 411 g/mol. The zero-order chi connectivity index (χ0) is 21.7. The van der Waals surface area contributed by atoms with Crippen LogP contribution in [-0.4, -0.2) is 47.8 Å². The Labute approximate surface area is 176 Å². The van der Waals surface area contributed by atoms with Crippen molar-refractivity contribution in [2.45, 2.75) is 32.9 Å². The van der Waals surface area contributed by atoms with E-state index in [0.717, 1.165) is 16.6 Å². The fraction of sp³-hybridized carbons (Fsp3) is 0.391. The summed E-state index contributed by atoms with van der Waals surface area (Å²) >= 11 is 0. The lowest BCUT2D eigenvalue weighted by Crippen LogP contribution is -2.31. The summed E-state index contributed by atoms with van der Waals surface area (Å²) in [6.45, 7) is 3.50. The molecule has 0 aliphatic rings. The number of para-hydroxylation sites is 2. The number of methoxy groups -OCH3 is 2. The van der Waals surface area contributed by atoms with Crippen molar-refractivity contribution < 1.29 is 14.3 Å². The summed E-state index contributed by atoms with van der Waals surface area (Å²) in [5.74, 6) is 1.37. The van der Waals surface area contributed by atoms with E-state index >= 15 is 0 Å². The molecular formula is C23H29N3O4. The van der Waals surface area contributed by atoms with Gasteiger partial charge in [0.1, 0.15) is 0 Å². The first-order chi connectivity index (χ1) is 14.5. The van der Waals surface area contributed by atoms with Crippen LogP contribution in [0.1, 0.15) is 18.9 Å². The number of hydrogen-bond donors (Lipinski definition) is 0. The maximum absolute atomic E-state index is 12.7. The Balaban J connectivity index is 1.63. The van der Waals surface area contributed by atoms with Crippen LogP contribution in [0.5, 0.6) is 11.5 Å². The molecule has 1 amide bonds. The number of carbonyl (C=O) groups excluding carboxylic acids is 1. The molecule has 0 bridgehead atoms. The molecule has 1 aromatic heterocycles. The van der Waals surface area contributed by atoms with Crippen LogP contribution in [0.4, 0.5) is 0 Å². The number of imidazole rings is 1. The van der Waals surface area contributed by atoms with Crippen molar-refractivity contribution in [2.24, 2.45) is 0 Å². The van der Waals surface area contributed by atoms with Gasteiger partial charge in [0.2, 0.25) is 5.91 Å². The first-order valence-electron chi connectivity index (χ1n) is 10.1. The van der Waals surface area contributed by atoms with Crippen molar-refractivity contribution in [3.63, 3.8) is 0 Å². The van der Waals surface area contributed by atoms with E-state index in [1.165, 1.54) is 0 Å². The highest BCUT2D eigenvalue weighted by Gasteiger charge is 2.15. The Morgan fingerprint density at radius 2 is 1.67 bits per heavy atom. The van der Waals surface area contributed by atoms with E-state index in [1.807, 2.05) is 49.4 Å². The lowest BCUT2D eigenvalue weighted by molar-refractivity contribution is -0.130. The van der Waals surface area contributed by atoms with E-state index in [1.54, 1.807) is 35.3 Å². The van der Waals surface area contributed by atoms with E-state index in [9.17, 15) is 9.59 Å². The second kappa shape index (κ2) is 9.52. The number of likely N-dealkylation sites (N-methyl/N-ethyl adjacent to an activating group) is 1. The lowest BCUT2D eigenvalue weighted by atomic mass is 10.1. The van der Waals surface area contributed by atoms with Crippen LogP contribution in [0.3, 0.4) is 0 Å². The molecule has 3 rings (SSSR count). The van der Waals surface area contributed by atoms with Crippen LogP contribution in [0.15, 0.2) is 47.3 Å². The molecule has 0 unspecified atom stereocenters. The molecule has 2 aromatic carbocycles. The average Bonchev–Trinajstić information content (AvgIpc) is 3.05. The molecule has 0 fully saturated rings. The largest absolute Gasteiger partial charge is 0.493 e. The zero-order valence-electron chi connectivity index (χ0n) is 18.1. The van der Waals surface area contributed by atoms with Gasteiger partial charge in [-0.3, -0.25) is 13.9 Å². The van der Waals surface area contributed by atoms with Gasteiger partial charge < -0.3 is 14.4 Å². The van der Waals surface area contributed by atoms with Gasteiger partial charge in [0.05, 0.1) is 25.3 Å². The smallest absolute Gasteiger partial charge is 0.329 e. The van der Waals surface area contributed by atoms with E-state index in [0.29, 0.717) is 37.6 Å². The van der Waals surface area contributed by atoms with Gasteiger partial charge in [-0.25, -0.2) is 4.79 Å². The SMILES string of the molecule is CCn1c(=O)n(CCC(=O)N(C)CCc2ccc(OC)c(OC)c2)c2ccccc21. The highest BCUT2D eigenvalue weighted by molar-refractivity contribution is 5.78. The second-order valence-corrected chi connectivity index (χ2v) is 7.17. The van der Waals surface area contributed by atoms with Gasteiger partial charge in [0, 0.05) is 33.1 Å². The van der Waals surface area contributed by atoms with Crippen molar-refractivity contribution in [2.75, 3.05) is 27.8 Å². The number of aryl methyl sites for hydroxylation is 2. The molecule has 7 nitrogen and oxygen atoms in total.